The Bertz CT molecular complexity index is 674. The third-order valence-electron chi connectivity index (χ3n) is 3.82. The number of rotatable bonds is 2. The lowest BCUT2D eigenvalue weighted by Crippen LogP contribution is -2.36. The van der Waals surface area contributed by atoms with Crippen LogP contribution in [0.2, 0.25) is 0 Å². The molecule has 108 valence electrons. The number of nitrogens with one attached hydrogen (secondary N) is 1. The average Bonchev–Trinajstić information content (AvgIpc) is 3.00. The van der Waals surface area contributed by atoms with Crippen molar-refractivity contribution in [3.05, 3.63) is 10.6 Å². The van der Waals surface area contributed by atoms with Gasteiger partial charge in [-0.25, -0.2) is 0 Å². The van der Waals surface area contributed by atoms with Crippen molar-refractivity contribution >= 4 is 33.1 Å². The van der Waals surface area contributed by atoms with Crippen LogP contribution in [0.4, 0.5) is 5.69 Å². The summed E-state index contributed by atoms with van der Waals surface area (Å²) < 4.78 is 1.78. The van der Waals surface area contributed by atoms with Crippen molar-refractivity contribution in [2.75, 3.05) is 25.9 Å². The molecule has 2 aromatic rings. The first kappa shape index (κ1) is 13.4. The van der Waals surface area contributed by atoms with E-state index in [1.807, 2.05) is 14.0 Å². The third-order valence-corrected chi connectivity index (χ3v) is 5.09. The first-order valence-corrected chi connectivity index (χ1v) is 7.50. The molecule has 1 aliphatic rings. The highest BCUT2D eigenvalue weighted by Crippen LogP contribution is 2.35. The molecule has 0 aliphatic carbocycles. The van der Waals surface area contributed by atoms with E-state index in [0.29, 0.717) is 10.6 Å². The second-order valence-corrected chi connectivity index (χ2v) is 6.45. The van der Waals surface area contributed by atoms with Crippen LogP contribution in [-0.2, 0) is 7.05 Å². The number of amides is 1. The van der Waals surface area contributed by atoms with Crippen LogP contribution in [-0.4, -0.2) is 46.8 Å². The summed E-state index contributed by atoms with van der Waals surface area (Å²) in [6, 6.07) is 0.219. The molecule has 1 atom stereocenters. The van der Waals surface area contributed by atoms with Gasteiger partial charge in [0.2, 0.25) is 0 Å². The van der Waals surface area contributed by atoms with Gasteiger partial charge in [-0.2, -0.15) is 5.10 Å². The molecule has 20 heavy (non-hydrogen) atoms. The van der Waals surface area contributed by atoms with Gasteiger partial charge in [0, 0.05) is 19.6 Å². The molecular formula is C13H19N5OS. The number of hydrogen-bond donors (Lipinski definition) is 2. The quantitative estimate of drug-likeness (QED) is 0.864. The lowest BCUT2D eigenvalue weighted by atomic mass is 10.2. The Kier molecular flexibility index (Phi) is 3.18. The van der Waals surface area contributed by atoms with Gasteiger partial charge in [-0.05, 0) is 26.9 Å². The fraction of sp³-hybridized carbons (Fsp3) is 0.538. The maximum Gasteiger partial charge on any atom is 0.263 e. The first-order valence-electron chi connectivity index (χ1n) is 6.68. The Morgan fingerprint density at radius 1 is 1.50 bits per heavy atom. The largest absolute Gasteiger partial charge is 0.397 e. The standard InChI is InChI=1S/C13H19N5OS/c1-7-9-10(14)11(20-13(9)18(3)16-7)12(19)15-8-4-5-17(2)6-8/h8H,4-6,14H2,1-3H3,(H,15,19). The minimum absolute atomic E-state index is 0.0663. The molecule has 0 saturated carbocycles. The molecule has 0 aromatic carbocycles. The molecule has 3 heterocycles. The van der Waals surface area contributed by atoms with Crippen LogP contribution in [0.3, 0.4) is 0 Å². The Morgan fingerprint density at radius 2 is 2.25 bits per heavy atom. The van der Waals surface area contributed by atoms with E-state index in [-0.39, 0.29) is 11.9 Å². The van der Waals surface area contributed by atoms with Crippen molar-refractivity contribution in [1.29, 1.82) is 0 Å². The van der Waals surface area contributed by atoms with Gasteiger partial charge in [0.25, 0.3) is 5.91 Å². The summed E-state index contributed by atoms with van der Waals surface area (Å²) in [6.07, 6.45) is 0.994. The number of aryl methyl sites for hydroxylation is 2. The van der Waals surface area contributed by atoms with E-state index in [0.717, 1.165) is 35.4 Å². The highest BCUT2D eigenvalue weighted by molar-refractivity contribution is 7.21. The van der Waals surface area contributed by atoms with Crippen molar-refractivity contribution in [1.82, 2.24) is 20.0 Å². The van der Waals surface area contributed by atoms with Gasteiger partial charge < -0.3 is 16.0 Å². The van der Waals surface area contributed by atoms with Crippen LogP contribution in [0.15, 0.2) is 0 Å². The number of nitrogens with zero attached hydrogens (tertiary/aromatic N) is 3. The average molecular weight is 293 g/mol. The van der Waals surface area contributed by atoms with E-state index in [9.17, 15) is 4.79 Å². The number of thiophene rings is 1. The smallest absolute Gasteiger partial charge is 0.263 e. The number of carbonyl (C=O) groups excluding carboxylic acids is 1. The zero-order chi connectivity index (χ0) is 14.4. The van der Waals surface area contributed by atoms with Gasteiger partial charge in [-0.15, -0.1) is 11.3 Å². The molecule has 1 fully saturated rings. The predicted octanol–water partition coefficient (Wildman–Crippen LogP) is 0.959. The Labute approximate surface area is 121 Å². The molecule has 1 unspecified atom stereocenters. The molecule has 0 radical (unpaired) electrons. The molecule has 6 nitrogen and oxygen atoms in total. The minimum atomic E-state index is -0.0663. The van der Waals surface area contributed by atoms with Gasteiger partial charge in [-0.3, -0.25) is 9.48 Å². The summed E-state index contributed by atoms with van der Waals surface area (Å²) in [6.45, 7) is 3.84. The maximum atomic E-state index is 12.4. The molecule has 0 spiro atoms. The number of likely N-dealkylation sites (tertiary alicyclic amines) is 1. The van der Waals surface area contributed by atoms with Crippen molar-refractivity contribution in [2.45, 2.75) is 19.4 Å². The van der Waals surface area contributed by atoms with E-state index >= 15 is 0 Å². The summed E-state index contributed by atoms with van der Waals surface area (Å²) in [5, 5.41) is 8.32. The second-order valence-electron chi connectivity index (χ2n) is 5.46. The SMILES string of the molecule is Cc1nn(C)c2sc(C(=O)NC3CCN(C)C3)c(N)c12. The predicted molar refractivity (Wildman–Crippen MR) is 81.1 cm³/mol. The lowest BCUT2D eigenvalue weighted by Gasteiger charge is -2.12. The second kappa shape index (κ2) is 4.75. The van der Waals surface area contributed by atoms with Crippen molar-refractivity contribution < 1.29 is 4.79 Å². The molecular weight excluding hydrogens is 274 g/mol. The zero-order valence-electron chi connectivity index (χ0n) is 11.9. The van der Waals surface area contributed by atoms with Crippen molar-refractivity contribution in [3.63, 3.8) is 0 Å². The summed E-state index contributed by atoms with van der Waals surface area (Å²) in [5.41, 5.74) is 7.57. The van der Waals surface area contributed by atoms with E-state index in [1.54, 1.807) is 4.68 Å². The Balaban J connectivity index is 1.88. The third kappa shape index (κ3) is 2.06. The maximum absolute atomic E-state index is 12.4. The first-order chi connectivity index (χ1) is 9.47. The number of aromatic nitrogens is 2. The Morgan fingerprint density at radius 3 is 2.85 bits per heavy atom. The van der Waals surface area contributed by atoms with Gasteiger partial charge in [0.05, 0.1) is 16.8 Å². The molecule has 3 rings (SSSR count). The van der Waals surface area contributed by atoms with Crippen LogP contribution in [0, 0.1) is 6.92 Å². The highest BCUT2D eigenvalue weighted by atomic mass is 32.1. The number of fused-ring (bicyclic) bond motifs is 1. The van der Waals surface area contributed by atoms with Crippen LogP contribution in [0.5, 0.6) is 0 Å². The molecule has 1 saturated heterocycles. The van der Waals surface area contributed by atoms with Crippen LogP contribution in [0.1, 0.15) is 21.8 Å². The highest BCUT2D eigenvalue weighted by Gasteiger charge is 2.25. The van der Waals surface area contributed by atoms with E-state index in [2.05, 4.69) is 22.4 Å². The molecule has 3 N–H and O–H groups in total. The number of hydrogen-bond acceptors (Lipinski definition) is 5. The van der Waals surface area contributed by atoms with Crippen molar-refractivity contribution in [3.8, 4) is 0 Å². The van der Waals surface area contributed by atoms with Crippen LogP contribution >= 0.6 is 11.3 Å². The van der Waals surface area contributed by atoms with E-state index in [4.69, 9.17) is 5.73 Å². The summed E-state index contributed by atoms with van der Waals surface area (Å²) in [5.74, 6) is -0.0663. The van der Waals surface area contributed by atoms with Gasteiger partial charge in [-0.1, -0.05) is 0 Å². The zero-order valence-corrected chi connectivity index (χ0v) is 12.8. The number of carbonyl (C=O) groups is 1. The molecule has 0 bridgehead atoms. The topological polar surface area (TPSA) is 76.2 Å². The lowest BCUT2D eigenvalue weighted by molar-refractivity contribution is 0.0943. The molecule has 7 heteroatoms. The van der Waals surface area contributed by atoms with E-state index in [1.165, 1.54) is 11.3 Å². The van der Waals surface area contributed by atoms with E-state index < -0.39 is 0 Å². The number of nitrogen functional groups attached to an aromatic ring is 1. The van der Waals surface area contributed by atoms with Crippen molar-refractivity contribution in [2.24, 2.45) is 7.05 Å². The normalized spacial score (nSPS) is 19.9. The summed E-state index contributed by atoms with van der Waals surface area (Å²) in [7, 11) is 3.94. The molecule has 2 aromatic heterocycles. The monoisotopic (exact) mass is 293 g/mol. The fourth-order valence-electron chi connectivity index (χ4n) is 2.80. The molecule has 1 aliphatic heterocycles. The number of anilines is 1. The van der Waals surface area contributed by atoms with Gasteiger partial charge in [0.1, 0.15) is 9.71 Å². The number of likely N-dealkylation sites (N-methyl/N-ethyl adjacent to an activating group) is 1. The van der Waals surface area contributed by atoms with Crippen LogP contribution < -0.4 is 11.1 Å². The molecule has 1 amide bonds. The van der Waals surface area contributed by atoms with Gasteiger partial charge >= 0.3 is 0 Å². The Hall–Kier alpha value is -1.60. The van der Waals surface area contributed by atoms with Gasteiger partial charge in [0.15, 0.2) is 0 Å². The summed E-state index contributed by atoms with van der Waals surface area (Å²) >= 11 is 1.41. The number of nitrogens with two attached hydrogens (primary N) is 1. The summed E-state index contributed by atoms with van der Waals surface area (Å²) in [4.78, 5) is 16.2. The fourth-order valence-corrected chi connectivity index (χ4v) is 3.89. The minimum Gasteiger partial charge on any atom is -0.397 e. The van der Waals surface area contributed by atoms with Crippen LogP contribution in [0.25, 0.3) is 10.2 Å².